The lowest BCUT2D eigenvalue weighted by Gasteiger charge is -2.09. The first-order valence-electron chi connectivity index (χ1n) is 7.72. The fourth-order valence-electron chi connectivity index (χ4n) is 2.50. The summed E-state index contributed by atoms with van der Waals surface area (Å²) < 4.78 is 5.17. The first-order chi connectivity index (χ1) is 12.2. The van der Waals surface area contributed by atoms with Gasteiger partial charge in [-0.2, -0.15) is 5.10 Å². The number of ether oxygens (including phenoxy) is 1. The van der Waals surface area contributed by atoms with Crippen LogP contribution in [0.15, 0.2) is 58.4 Å². The van der Waals surface area contributed by atoms with Crippen LogP contribution in [0, 0.1) is 0 Å². The Labute approximate surface area is 144 Å². The Morgan fingerprint density at radius 2 is 1.96 bits per heavy atom. The summed E-state index contributed by atoms with van der Waals surface area (Å²) in [5, 5.41) is 7.04. The van der Waals surface area contributed by atoms with Crippen LogP contribution in [0.4, 0.5) is 5.69 Å². The van der Waals surface area contributed by atoms with Crippen molar-refractivity contribution in [1.82, 2.24) is 15.4 Å². The maximum absolute atomic E-state index is 11.3. The number of hydrazone groups is 1. The Morgan fingerprint density at radius 1 is 1.20 bits per heavy atom. The number of anilines is 1. The third kappa shape index (κ3) is 3.89. The molecule has 0 aliphatic heterocycles. The fraction of sp³-hybridized carbons (Fsp3) is 0.111. The molecule has 7 heteroatoms. The van der Waals surface area contributed by atoms with Gasteiger partial charge < -0.3 is 20.0 Å². The Morgan fingerprint density at radius 3 is 2.68 bits per heavy atom. The highest BCUT2D eigenvalue weighted by molar-refractivity contribution is 5.78. The molecule has 128 valence electrons. The zero-order valence-corrected chi connectivity index (χ0v) is 13.8. The molecule has 0 amide bonds. The second-order valence-corrected chi connectivity index (χ2v) is 5.34. The summed E-state index contributed by atoms with van der Waals surface area (Å²) in [6, 6.07) is 13.3. The number of hydrogen-bond donors (Lipinski definition) is 4. The standard InChI is InChI=1S/C18H19N5O2/c1-19-23-15(12-3-6-14(25-2)7-4-12)9-10-20-13-5-8-16-17(11-13)22-18(24)21-16/h3-9,11,20,23H,1,10H2,2H3,(H2,21,22,24)/b15-9-. The monoisotopic (exact) mass is 337 g/mol. The van der Waals surface area contributed by atoms with Crippen molar-refractivity contribution < 1.29 is 4.74 Å². The largest absolute Gasteiger partial charge is 0.497 e. The van der Waals surface area contributed by atoms with Crippen molar-refractivity contribution in [3.63, 3.8) is 0 Å². The molecule has 0 atom stereocenters. The topological polar surface area (TPSA) is 94.3 Å². The average molecular weight is 337 g/mol. The Kier molecular flexibility index (Phi) is 4.84. The molecular formula is C18H19N5O2. The van der Waals surface area contributed by atoms with Gasteiger partial charge in [-0.3, -0.25) is 5.43 Å². The zero-order chi connectivity index (χ0) is 17.6. The van der Waals surface area contributed by atoms with Gasteiger partial charge in [0, 0.05) is 18.9 Å². The number of aromatic nitrogens is 2. The van der Waals surface area contributed by atoms with Crippen molar-refractivity contribution in [2.24, 2.45) is 5.10 Å². The van der Waals surface area contributed by atoms with Crippen LogP contribution in [-0.2, 0) is 0 Å². The van der Waals surface area contributed by atoms with Gasteiger partial charge in [-0.25, -0.2) is 4.79 Å². The quantitative estimate of drug-likeness (QED) is 0.394. The maximum atomic E-state index is 11.3. The van der Waals surface area contributed by atoms with Crippen LogP contribution < -0.4 is 21.2 Å². The van der Waals surface area contributed by atoms with E-state index in [0.29, 0.717) is 6.54 Å². The molecule has 0 saturated heterocycles. The minimum Gasteiger partial charge on any atom is -0.497 e. The highest BCUT2D eigenvalue weighted by Gasteiger charge is 2.02. The van der Waals surface area contributed by atoms with E-state index in [0.717, 1.165) is 33.7 Å². The van der Waals surface area contributed by atoms with Crippen LogP contribution in [0.25, 0.3) is 16.7 Å². The van der Waals surface area contributed by atoms with E-state index in [-0.39, 0.29) is 5.69 Å². The average Bonchev–Trinajstić information content (AvgIpc) is 3.00. The van der Waals surface area contributed by atoms with Crippen molar-refractivity contribution in [2.75, 3.05) is 19.0 Å². The predicted molar refractivity (Wildman–Crippen MR) is 101 cm³/mol. The van der Waals surface area contributed by atoms with E-state index in [1.54, 1.807) is 7.11 Å². The van der Waals surface area contributed by atoms with E-state index in [4.69, 9.17) is 4.74 Å². The fourth-order valence-corrected chi connectivity index (χ4v) is 2.50. The van der Waals surface area contributed by atoms with Crippen molar-refractivity contribution in [1.29, 1.82) is 0 Å². The molecule has 0 spiro atoms. The summed E-state index contributed by atoms with van der Waals surface area (Å²) in [4.78, 5) is 16.8. The first-order valence-corrected chi connectivity index (χ1v) is 7.72. The molecule has 1 aromatic heterocycles. The number of imidazole rings is 1. The molecule has 0 unspecified atom stereocenters. The van der Waals surface area contributed by atoms with E-state index < -0.39 is 0 Å². The van der Waals surface area contributed by atoms with Gasteiger partial charge in [0.2, 0.25) is 0 Å². The molecule has 7 nitrogen and oxygen atoms in total. The van der Waals surface area contributed by atoms with Crippen LogP contribution in [0.3, 0.4) is 0 Å². The Bertz CT molecular complexity index is 954. The Hall–Kier alpha value is -3.48. The van der Waals surface area contributed by atoms with Gasteiger partial charge in [-0.1, -0.05) is 0 Å². The molecule has 3 rings (SSSR count). The summed E-state index contributed by atoms with van der Waals surface area (Å²) in [6.45, 7) is 4.05. The third-order valence-corrected chi connectivity index (χ3v) is 3.73. The number of aromatic amines is 2. The van der Waals surface area contributed by atoms with Crippen molar-refractivity contribution in [3.05, 3.63) is 64.6 Å². The Balaban J connectivity index is 1.73. The lowest BCUT2D eigenvalue weighted by Crippen LogP contribution is -2.07. The number of nitrogens with zero attached hydrogens (tertiary/aromatic N) is 1. The third-order valence-electron chi connectivity index (χ3n) is 3.73. The molecule has 1 heterocycles. The lowest BCUT2D eigenvalue weighted by molar-refractivity contribution is 0.415. The van der Waals surface area contributed by atoms with Gasteiger partial charge in [0.1, 0.15) is 5.75 Å². The maximum Gasteiger partial charge on any atom is 0.323 e. The molecule has 0 saturated carbocycles. The number of nitrogens with one attached hydrogen (secondary N) is 4. The number of H-pyrrole nitrogens is 2. The second kappa shape index (κ2) is 7.39. The lowest BCUT2D eigenvalue weighted by atomic mass is 10.1. The van der Waals surface area contributed by atoms with Crippen LogP contribution in [-0.4, -0.2) is 30.3 Å². The molecule has 0 aliphatic rings. The number of benzene rings is 2. The number of methoxy groups -OCH3 is 1. The van der Waals surface area contributed by atoms with Gasteiger partial charge in [0.25, 0.3) is 0 Å². The molecule has 2 aromatic carbocycles. The molecule has 25 heavy (non-hydrogen) atoms. The summed E-state index contributed by atoms with van der Waals surface area (Å²) >= 11 is 0. The van der Waals surface area contributed by atoms with Gasteiger partial charge in [-0.15, -0.1) is 0 Å². The first kappa shape index (κ1) is 16.4. The summed E-state index contributed by atoms with van der Waals surface area (Å²) in [7, 11) is 1.63. The minimum atomic E-state index is -0.213. The molecule has 3 aromatic rings. The SMILES string of the molecule is C=NN/C(=C\CNc1ccc2[nH]c(=O)[nH]c2c1)c1ccc(OC)cc1. The predicted octanol–water partition coefficient (Wildman–Crippen LogP) is 2.52. The summed E-state index contributed by atoms with van der Waals surface area (Å²) in [6.07, 6.45) is 1.97. The van der Waals surface area contributed by atoms with Gasteiger partial charge in [0.05, 0.1) is 23.8 Å². The molecule has 4 N–H and O–H groups in total. The minimum absolute atomic E-state index is 0.213. The normalized spacial score (nSPS) is 11.3. The van der Waals surface area contributed by atoms with Crippen LogP contribution in [0.2, 0.25) is 0 Å². The van der Waals surface area contributed by atoms with E-state index in [1.807, 2.05) is 48.5 Å². The highest BCUT2D eigenvalue weighted by atomic mass is 16.5. The van der Waals surface area contributed by atoms with Crippen molar-refractivity contribution in [3.8, 4) is 5.75 Å². The molecule has 0 aliphatic carbocycles. The molecule has 0 fully saturated rings. The number of fused-ring (bicyclic) bond motifs is 1. The summed E-state index contributed by atoms with van der Waals surface area (Å²) in [5.41, 5.74) is 6.94. The van der Waals surface area contributed by atoms with Crippen LogP contribution in [0.5, 0.6) is 5.75 Å². The highest BCUT2D eigenvalue weighted by Crippen LogP contribution is 2.18. The van der Waals surface area contributed by atoms with E-state index in [1.165, 1.54) is 0 Å². The van der Waals surface area contributed by atoms with Gasteiger partial charge in [-0.05, 0) is 54.1 Å². The molecule has 0 radical (unpaired) electrons. The van der Waals surface area contributed by atoms with Gasteiger partial charge in [0.15, 0.2) is 0 Å². The van der Waals surface area contributed by atoms with E-state index in [9.17, 15) is 4.79 Å². The van der Waals surface area contributed by atoms with Crippen LogP contribution >= 0.6 is 0 Å². The zero-order valence-electron chi connectivity index (χ0n) is 13.8. The van der Waals surface area contributed by atoms with Crippen LogP contribution in [0.1, 0.15) is 5.56 Å². The van der Waals surface area contributed by atoms with Crippen molar-refractivity contribution >= 4 is 29.1 Å². The molecule has 0 bridgehead atoms. The van der Waals surface area contributed by atoms with Crippen molar-refractivity contribution in [2.45, 2.75) is 0 Å². The number of hydrogen-bond acceptors (Lipinski definition) is 5. The smallest absolute Gasteiger partial charge is 0.323 e. The van der Waals surface area contributed by atoms with E-state index in [2.05, 4.69) is 32.5 Å². The number of rotatable bonds is 7. The second-order valence-electron chi connectivity index (χ2n) is 5.34. The van der Waals surface area contributed by atoms with E-state index >= 15 is 0 Å². The summed E-state index contributed by atoms with van der Waals surface area (Å²) in [5.74, 6) is 0.793. The molecular weight excluding hydrogens is 318 g/mol. The van der Waals surface area contributed by atoms with Gasteiger partial charge >= 0.3 is 5.69 Å².